The van der Waals surface area contributed by atoms with E-state index in [0.717, 1.165) is 9.37 Å². The van der Waals surface area contributed by atoms with Crippen LogP contribution < -0.4 is 11.1 Å². The Balaban J connectivity index is 1.94. The van der Waals surface area contributed by atoms with E-state index in [-0.39, 0.29) is 17.3 Å². The average molecular weight is 355 g/mol. The van der Waals surface area contributed by atoms with Crippen LogP contribution in [0.1, 0.15) is 0 Å². The van der Waals surface area contributed by atoms with Crippen molar-refractivity contribution in [3.8, 4) is 0 Å². The Morgan fingerprint density at radius 1 is 1.30 bits per heavy atom. The van der Waals surface area contributed by atoms with Crippen molar-refractivity contribution in [1.29, 1.82) is 0 Å². The first-order chi connectivity index (χ1) is 9.56. The van der Waals surface area contributed by atoms with Crippen LogP contribution in [0.2, 0.25) is 0 Å². The van der Waals surface area contributed by atoms with Gasteiger partial charge >= 0.3 is 0 Å². The maximum atomic E-state index is 13.4. The van der Waals surface area contributed by atoms with Gasteiger partial charge in [0.1, 0.15) is 5.82 Å². The number of benzene rings is 2. The Kier molecular flexibility index (Phi) is 5.03. The number of thioether (sulfide) groups is 1. The standard InChI is InChI=1S/C14H12BrFN2OS/c15-10-7-9(17)5-6-13(10)20-8-14(19)18-12-4-2-1-3-11(12)16/h1-7H,8,17H2,(H,18,19). The van der Waals surface area contributed by atoms with Gasteiger partial charge in [-0.1, -0.05) is 12.1 Å². The monoisotopic (exact) mass is 354 g/mol. The maximum absolute atomic E-state index is 13.4. The first-order valence-electron chi connectivity index (χ1n) is 5.78. The van der Waals surface area contributed by atoms with Crippen LogP contribution in [0, 0.1) is 5.82 Å². The molecule has 0 aromatic heterocycles. The third-order valence-electron chi connectivity index (χ3n) is 2.46. The minimum Gasteiger partial charge on any atom is -0.399 e. The molecule has 2 aromatic rings. The summed E-state index contributed by atoms with van der Waals surface area (Å²) in [4.78, 5) is 12.7. The lowest BCUT2D eigenvalue weighted by molar-refractivity contribution is -0.113. The number of nitrogens with one attached hydrogen (secondary N) is 1. The fourth-order valence-corrected chi connectivity index (χ4v) is 2.99. The summed E-state index contributed by atoms with van der Waals surface area (Å²) < 4.78 is 14.2. The summed E-state index contributed by atoms with van der Waals surface area (Å²) in [6.07, 6.45) is 0. The minimum absolute atomic E-state index is 0.189. The number of amides is 1. The van der Waals surface area contributed by atoms with E-state index in [0.29, 0.717) is 5.69 Å². The van der Waals surface area contributed by atoms with Crippen LogP contribution in [0.4, 0.5) is 15.8 Å². The van der Waals surface area contributed by atoms with E-state index in [9.17, 15) is 9.18 Å². The van der Waals surface area contributed by atoms with E-state index in [2.05, 4.69) is 21.2 Å². The maximum Gasteiger partial charge on any atom is 0.234 e. The molecule has 0 fully saturated rings. The highest BCUT2D eigenvalue weighted by Crippen LogP contribution is 2.29. The molecule has 0 aliphatic carbocycles. The Morgan fingerprint density at radius 2 is 2.05 bits per heavy atom. The van der Waals surface area contributed by atoms with Gasteiger partial charge in [0.15, 0.2) is 0 Å². The molecule has 0 unspecified atom stereocenters. The van der Waals surface area contributed by atoms with Gasteiger partial charge in [-0.2, -0.15) is 0 Å². The van der Waals surface area contributed by atoms with Gasteiger partial charge in [-0.25, -0.2) is 4.39 Å². The number of para-hydroxylation sites is 1. The van der Waals surface area contributed by atoms with Crippen LogP contribution in [-0.4, -0.2) is 11.7 Å². The summed E-state index contributed by atoms with van der Waals surface area (Å²) in [6, 6.07) is 11.4. The number of nitrogen functional groups attached to an aromatic ring is 1. The highest BCUT2D eigenvalue weighted by molar-refractivity contribution is 9.10. The molecule has 0 bridgehead atoms. The molecule has 1 amide bonds. The second-order valence-corrected chi connectivity index (χ2v) is 5.88. The normalized spacial score (nSPS) is 10.3. The zero-order chi connectivity index (χ0) is 14.5. The van der Waals surface area contributed by atoms with Gasteiger partial charge in [0, 0.05) is 15.1 Å². The van der Waals surface area contributed by atoms with Gasteiger partial charge in [-0.3, -0.25) is 4.79 Å². The van der Waals surface area contributed by atoms with E-state index in [4.69, 9.17) is 5.73 Å². The van der Waals surface area contributed by atoms with Crippen LogP contribution in [0.15, 0.2) is 51.8 Å². The van der Waals surface area contributed by atoms with Gasteiger partial charge in [-0.05, 0) is 46.3 Å². The van der Waals surface area contributed by atoms with Crippen LogP contribution in [0.5, 0.6) is 0 Å². The molecular weight excluding hydrogens is 343 g/mol. The summed E-state index contributed by atoms with van der Waals surface area (Å²) in [5.41, 5.74) is 6.48. The molecule has 20 heavy (non-hydrogen) atoms. The average Bonchev–Trinajstić information content (AvgIpc) is 2.40. The largest absolute Gasteiger partial charge is 0.399 e. The molecule has 104 valence electrons. The summed E-state index contributed by atoms with van der Waals surface area (Å²) >= 11 is 4.74. The Labute approximate surface area is 128 Å². The molecule has 0 saturated heterocycles. The lowest BCUT2D eigenvalue weighted by atomic mass is 10.3. The van der Waals surface area contributed by atoms with Gasteiger partial charge in [-0.15, -0.1) is 11.8 Å². The third-order valence-corrected chi connectivity index (χ3v) is 4.45. The zero-order valence-corrected chi connectivity index (χ0v) is 12.8. The smallest absolute Gasteiger partial charge is 0.234 e. The van der Waals surface area contributed by atoms with Crippen molar-refractivity contribution in [1.82, 2.24) is 0 Å². The second kappa shape index (κ2) is 6.76. The lowest BCUT2D eigenvalue weighted by Crippen LogP contribution is -2.14. The summed E-state index contributed by atoms with van der Waals surface area (Å²) in [7, 11) is 0. The molecule has 2 aromatic carbocycles. The van der Waals surface area contributed by atoms with E-state index in [1.807, 2.05) is 6.07 Å². The quantitative estimate of drug-likeness (QED) is 0.646. The Hall–Kier alpha value is -1.53. The molecule has 0 spiro atoms. The van der Waals surface area contributed by atoms with Crippen molar-refractivity contribution in [2.24, 2.45) is 0 Å². The van der Waals surface area contributed by atoms with Crippen LogP contribution in [0.3, 0.4) is 0 Å². The lowest BCUT2D eigenvalue weighted by Gasteiger charge is -2.07. The van der Waals surface area contributed by atoms with Crippen molar-refractivity contribution in [3.05, 3.63) is 52.8 Å². The molecule has 0 radical (unpaired) electrons. The van der Waals surface area contributed by atoms with E-state index >= 15 is 0 Å². The van der Waals surface area contributed by atoms with Crippen molar-refractivity contribution in [2.75, 3.05) is 16.8 Å². The number of hydrogen-bond acceptors (Lipinski definition) is 3. The van der Waals surface area contributed by atoms with Gasteiger partial charge < -0.3 is 11.1 Å². The molecule has 0 aliphatic rings. The second-order valence-electron chi connectivity index (χ2n) is 4.01. The highest BCUT2D eigenvalue weighted by atomic mass is 79.9. The van der Waals surface area contributed by atoms with Gasteiger partial charge in [0.2, 0.25) is 5.91 Å². The predicted octanol–water partition coefficient (Wildman–Crippen LogP) is 3.90. The number of anilines is 2. The molecule has 0 atom stereocenters. The first kappa shape index (κ1) is 14.9. The number of hydrogen-bond donors (Lipinski definition) is 2. The Morgan fingerprint density at radius 3 is 2.75 bits per heavy atom. The van der Waals surface area contributed by atoms with E-state index in [1.54, 1.807) is 24.3 Å². The van der Waals surface area contributed by atoms with Crippen molar-refractivity contribution >= 4 is 45.0 Å². The Bertz CT molecular complexity index is 636. The zero-order valence-electron chi connectivity index (χ0n) is 10.4. The number of halogens is 2. The fourth-order valence-electron chi connectivity index (χ4n) is 1.53. The third kappa shape index (κ3) is 3.98. The minimum atomic E-state index is -0.445. The highest BCUT2D eigenvalue weighted by Gasteiger charge is 2.08. The first-order valence-corrected chi connectivity index (χ1v) is 7.56. The number of carbonyl (C=O) groups is 1. The van der Waals surface area contributed by atoms with Crippen molar-refractivity contribution < 1.29 is 9.18 Å². The molecule has 3 nitrogen and oxygen atoms in total. The van der Waals surface area contributed by atoms with E-state index in [1.165, 1.54) is 23.9 Å². The van der Waals surface area contributed by atoms with Crippen molar-refractivity contribution in [3.63, 3.8) is 0 Å². The van der Waals surface area contributed by atoms with Crippen LogP contribution >= 0.6 is 27.7 Å². The molecular formula is C14H12BrFN2OS. The summed E-state index contributed by atoms with van der Waals surface area (Å²) in [5.74, 6) is -0.514. The summed E-state index contributed by atoms with van der Waals surface area (Å²) in [6.45, 7) is 0. The topological polar surface area (TPSA) is 55.1 Å². The van der Waals surface area contributed by atoms with Gasteiger partial charge in [0.25, 0.3) is 0 Å². The SMILES string of the molecule is Nc1ccc(SCC(=O)Nc2ccccc2F)c(Br)c1. The van der Waals surface area contributed by atoms with E-state index < -0.39 is 5.82 Å². The molecule has 0 saturated carbocycles. The summed E-state index contributed by atoms with van der Waals surface area (Å²) in [5, 5.41) is 2.54. The van der Waals surface area contributed by atoms with Crippen LogP contribution in [-0.2, 0) is 4.79 Å². The van der Waals surface area contributed by atoms with Crippen LogP contribution in [0.25, 0.3) is 0 Å². The number of rotatable bonds is 4. The molecule has 0 aliphatic heterocycles. The van der Waals surface area contributed by atoms with Gasteiger partial charge in [0.05, 0.1) is 11.4 Å². The predicted molar refractivity (Wildman–Crippen MR) is 84.3 cm³/mol. The number of carbonyl (C=O) groups excluding carboxylic acids is 1. The molecule has 3 N–H and O–H groups in total. The van der Waals surface area contributed by atoms with Crippen molar-refractivity contribution in [2.45, 2.75) is 4.90 Å². The molecule has 2 rings (SSSR count). The molecule has 6 heteroatoms. The number of nitrogens with two attached hydrogens (primary N) is 1. The molecule has 0 heterocycles. The fraction of sp³-hybridized carbons (Fsp3) is 0.0714.